The molecule has 88 valence electrons. The Labute approximate surface area is 99.1 Å². The molecule has 2 rings (SSSR count). The van der Waals surface area contributed by atoms with Gasteiger partial charge in [0.2, 0.25) is 0 Å². The van der Waals surface area contributed by atoms with Crippen LogP contribution in [0.25, 0.3) is 0 Å². The van der Waals surface area contributed by atoms with Crippen molar-refractivity contribution in [1.82, 2.24) is 0 Å². The zero-order valence-electron chi connectivity index (χ0n) is 9.29. The van der Waals surface area contributed by atoms with Crippen molar-refractivity contribution in [2.24, 2.45) is 0 Å². The summed E-state index contributed by atoms with van der Waals surface area (Å²) in [5, 5.41) is 3.17. The molecule has 0 heterocycles. The SMILES string of the molecule is FCc1cccc(NCc2ccc(F)cc2)c1. The molecule has 0 bridgehead atoms. The van der Waals surface area contributed by atoms with Crippen LogP contribution in [0.5, 0.6) is 0 Å². The van der Waals surface area contributed by atoms with Gasteiger partial charge in [0.25, 0.3) is 0 Å². The van der Waals surface area contributed by atoms with Crippen LogP contribution in [0.15, 0.2) is 48.5 Å². The Hall–Kier alpha value is -1.90. The molecule has 0 radical (unpaired) electrons. The first kappa shape index (κ1) is 11.6. The molecule has 3 heteroatoms. The second kappa shape index (κ2) is 5.43. The maximum atomic E-state index is 12.7. The maximum absolute atomic E-state index is 12.7. The molecule has 0 aliphatic heterocycles. The Balaban J connectivity index is 1.99. The van der Waals surface area contributed by atoms with Gasteiger partial charge in [-0.15, -0.1) is 0 Å². The van der Waals surface area contributed by atoms with Crippen LogP contribution in [-0.4, -0.2) is 0 Å². The minimum atomic E-state index is -0.466. The van der Waals surface area contributed by atoms with Crippen molar-refractivity contribution in [1.29, 1.82) is 0 Å². The van der Waals surface area contributed by atoms with Gasteiger partial charge in [0.05, 0.1) is 0 Å². The number of benzene rings is 2. The average molecular weight is 233 g/mol. The number of hydrogen-bond acceptors (Lipinski definition) is 1. The van der Waals surface area contributed by atoms with E-state index in [4.69, 9.17) is 0 Å². The highest BCUT2D eigenvalue weighted by Crippen LogP contribution is 2.13. The summed E-state index contributed by atoms with van der Waals surface area (Å²) in [6.07, 6.45) is 0. The van der Waals surface area contributed by atoms with Crippen molar-refractivity contribution >= 4 is 5.69 Å². The van der Waals surface area contributed by atoms with Gasteiger partial charge in [-0.3, -0.25) is 0 Å². The Morgan fingerprint density at radius 1 is 0.941 bits per heavy atom. The summed E-state index contributed by atoms with van der Waals surface area (Å²) in [5.41, 5.74) is 2.50. The van der Waals surface area contributed by atoms with Crippen LogP contribution >= 0.6 is 0 Å². The van der Waals surface area contributed by atoms with Crippen LogP contribution in [0.1, 0.15) is 11.1 Å². The Morgan fingerprint density at radius 2 is 1.71 bits per heavy atom. The molecule has 0 saturated carbocycles. The third-order valence-electron chi connectivity index (χ3n) is 2.49. The first-order chi connectivity index (χ1) is 8.28. The lowest BCUT2D eigenvalue weighted by atomic mass is 10.2. The largest absolute Gasteiger partial charge is 0.381 e. The van der Waals surface area contributed by atoms with Gasteiger partial charge in [0, 0.05) is 12.2 Å². The molecule has 17 heavy (non-hydrogen) atoms. The van der Waals surface area contributed by atoms with E-state index in [0.717, 1.165) is 11.3 Å². The van der Waals surface area contributed by atoms with Crippen LogP contribution in [0, 0.1) is 5.82 Å². The fourth-order valence-electron chi connectivity index (χ4n) is 1.57. The normalized spacial score (nSPS) is 10.2. The molecule has 0 unspecified atom stereocenters. The molecule has 2 aromatic carbocycles. The first-order valence-electron chi connectivity index (χ1n) is 5.41. The lowest BCUT2D eigenvalue weighted by Crippen LogP contribution is -1.99. The predicted molar refractivity (Wildman–Crippen MR) is 65.0 cm³/mol. The topological polar surface area (TPSA) is 12.0 Å². The highest BCUT2D eigenvalue weighted by atomic mass is 19.1. The Bertz CT molecular complexity index is 480. The summed E-state index contributed by atoms with van der Waals surface area (Å²) in [6, 6.07) is 13.5. The van der Waals surface area contributed by atoms with Crippen molar-refractivity contribution in [2.75, 3.05) is 5.32 Å². The molecule has 0 amide bonds. The zero-order valence-corrected chi connectivity index (χ0v) is 9.29. The molecular weight excluding hydrogens is 220 g/mol. The number of rotatable bonds is 4. The lowest BCUT2D eigenvalue weighted by molar-refractivity contribution is 0.485. The summed E-state index contributed by atoms with van der Waals surface area (Å²) < 4.78 is 25.1. The number of alkyl halides is 1. The minimum Gasteiger partial charge on any atom is -0.381 e. The molecule has 0 aromatic heterocycles. The Kier molecular flexibility index (Phi) is 3.70. The van der Waals surface area contributed by atoms with Crippen LogP contribution in [-0.2, 0) is 13.2 Å². The molecule has 0 fully saturated rings. The lowest BCUT2D eigenvalue weighted by Gasteiger charge is -2.07. The highest BCUT2D eigenvalue weighted by molar-refractivity contribution is 5.46. The molecule has 1 nitrogen and oxygen atoms in total. The van der Waals surface area contributed by atoms with E-state index < -0.39 is 6.67 Å². The third-order valence-corrected chi connectivity index (χ3v) is 2.49. The van der Waals surface area contributed by atoms with Crippen LogP contribution in [0.3, 0.4) is 0 Å². The molecule has 0 aliphatic carbocycles. The zero-order chi connectivity index (χ0) is 12.1. The van der Waals surface area contributed by atoms with Crippen molar-refractivity contribution in [2.45, 2.75) is 13.2 Å². The van der Waals surface area contributed by atoms with E-state index in [2.05, 4.69) is 5.32 Å². The third kappa shape index (κ3) is 3.28. The monoisotopic (exact) mass is 233 g/mol. The van der Waals surface area contributed by atoms with E-state index >= 15 is 0 Å². The molecule has 0 spiro atoms. The van der Waals surface area contributed by atoms with Crippen molar-refractivity contribution in [3.8, 4) is 0 Å². The van der Waals surface area contributed by atoms with Crippen molar-refractivity contribution < 1.29 is 8.78 Å². The highest BCUT2D eigenvalue weighted by Gasteiger charge is 1.97. The van der Waals surface area contributed by atoms with Gasteiger partial charge in [-0.05, 0) is 35.4 Å². The Morgan fingerprint density at radius 3 is 2.41 bits per heavy atom. The van der Waals surface area contributed by atoms with Gasteiger partial charge >= 0.3 is 0 Å². The summed E-state index contributed by atoms with van der Waals surface area (Å²) >= 11 is 0. The van der Waals surface area contributed by atoms with Gasteiger partial charge in [-0.2, -0.15) is 0 Å². The average Bonchev–Trinajstić information content (AvgIpc) is 2.38. The second-order valence-electron chi connectivity index (χ2n) is 3.81. The van der Waals surface area contributed by atoms with Crippen LogP contribution < -0.4 is 5.32 Å². The standard InChI is InChI=1S/C14H13F2N/c15-9-12-2-1-3-14(8-12)17-10-11-4-6-13(16)7-5-11/h1-8,17H,9-10H2. The van der Waals surface area contributed by atoms with E-state index in [1.54, 1.807) is 24.3 Å². The van der Waals surface area contributed by atoms with Gasteiger partial charge in [-0.1, -0.05) is 24.3 Å². The number of hydrogen-bond donors (Lipinski definition) is 1. The van der Waals surface area contributed by atoms with Crippen molar-refractivity contribution in [3.63, 3.8) is 0 Å². The van der Waals surface area contributed by atoms with Crippen molar-refractivity contribution in [3.05, 3.63) is 65.5 Å². The van der Waals surface area contributed by atoms with Gasteiger partial charge in [0.15, 0.2) is 0 Å². The molecule has 1 N–H and O–H groups in total. The van der Waals surface area contributed by atoms with Gasteiger partial charge in [-0.25, -0.2) is 8.78 Å². The second-order valence-corrected chi connectivity index (χ2v) is 3.81. The van der Waals surface area contributed by atoms with Gasteiger partial charge in [0.1, 0.15) is 12.5 Å². The van der Waals surface area contributed by atoms with E-state index in [9.17, 15) is 8.78 Å². The van der Waals surface area contributed by atoms with Crippen LogP contribution in [0.2, 0.25) is 0 Å². The molecule has 0 atom stereocenters. The fraction of sp³-hybridized carbons (Fsp3) is 0.143. The quantitative estimate of drug-likeness (QED) is 0.844. The molecule has 0 aliphatic rings. The predicted octanol–water partition coefficient (Wildman–Crippen LogP) is 3.91. The number of anilines is 1. The number of nitrogens with one attached hydrogen (secondary N) is 1. The molecule has 0 saturated heterocycles. The summed E-state index contributed by atoms with van der Waals surface area (Å²) in [6.45, 7) is 0.127. The minimum absolute atomic E-state index is 0.242. The first-order valence-corrected chi connectivity index (χ1v) is 5.41. The smallest absolute Gasteiger partial charge is 0.123 e. The molecule has 2 aromatic rings. The summed E-state index contributed by atoms with van der Waals surface area (Å²) in [5.74, 6) is -0.242. The maximum Gasteiger partial charge on any atom is 0.123 e. The number of halogens is 2. The van der Waals surface area contributed by atoms with E-state index in [-0.39, 0.29) is 5.82 Å². The summed E-state index contributed by atoms with van der Waals surface area (Å²) in [4.78, 5) is 0. The van der Waals surface area contributed by atoms with Crippen LogP contribution in [0.4, 0.5) is 14.5 Å². The fourth-order valence-corrected chi connectivity index (χ4v) is 1.57. The summed E-state index contributed by atoms with van der Waals surface area (Å²) in [7, 11) is 0. The van der Waals surface area contributed by atoms with E-state index in [1.807, 2.05) is 12.1 Å². The van der Waals surface area contributed by atoms with E-state index in [0.29, 0.717) is 12.1 Å². The van der Waals surface area contributed by atoms with E-state index in [1.165, 1.54) is 12.1 Å². The molecular formula is C14H13F2N. The van der Waals surface area contributed by atoms with Gasteiger partial charge < -0.3 is 5.32 Å².